The summed E-state index contributed by atoms with van der Waals surface area (Å²) < 4.78 is 30.0. The van der Waals surface area contributed by atoms with Crippen LogP contribution in [-0.4, -0.2) is 44.4 Å². The molecule has 2 aromatic carbocycles. The molecule has 37 heavy (non-hydrogen) atoms. The molecule has 0 N–H and O–H groups in total. The maximum Gasteiger partial charge on any atom is 0.337 e. The Morgan fingerprint density at radius 3 is 2.27 bits per heavy atom. The zero-order valence-corrected chi connectivity index (χ0v) is 22.3. The SMILES string of the molecule is C[Si](C)(C)CCOC(=O)C1=C[C@@H]2C(=O)O[C@H]1[C@H]1OC=C(OCc3ccccc3)[C@@]21OCc1ccccc1. The fraction of sp³-hybridized carbons (Fsp3) is 0.379. The van der Waals surface area contributed by atoms with Gasteiger partial charge in [0.25, 0.3) is 0 Å². The Morgan fingerprint density at radius 1 is 0.973 bits per heavy atom. The van der Waals surface area contributed by atoms with Crippen LogP contribution in [0.2, 0.25) is 25.7 Å². The van der Waals surface area contributed by atoms with Crippen LogP contribution >= 0.6 is 0 Å². The third-order valence-electron chi connectivity index (χ3n) is 6.89. The summed E-state index contributed by atoms with van der Waals surface area (Å²) in [5.74, 6) is -1.48. The highest BCUT2D eigenvalue weighted by molar-refractivity contribution is 6.76. The molecule has 194 valence electrons. The maximum atomic E-state index is 13.1. The molecule has 1 fully saturated rings. The summed E-state index contributed by atoms with van der Waals surface area (Å²) in [6.45, 7) is 7.50. The molecule has 3 aliphatic heterocycles. The smallest absolute Gasteiger partial charge is 0.337 e. The second-order valence-corrected chi connectivity index (χ2v) is 16.4. The Kier molecular flexibility index (Phi) is 6.96. The molecule has 0 spiro atoms. The van der Waals surface area contributed by atoms with Crippen LogP contribution in [0.1, 0.15) is 11.1 Å². The Hall–Kier alpha value is -3.36. The summed E-state index contributed by atoms with van der Waals surface area (Å²) in [7, 11) is -1.38. The normalized spacial score (nSPS) is 25.9. The highest BCUT2D eigenvalue weighted by Crippen LogP contribution is 2.52. The van der Waals surface area contributed by atoms with Gasteiger partial charge in [-0.1, -0.05) is 86.4 Å². The van der Waals surface area contributed by atoms with Crippen molar-refractivity contribution in [3.63, 3.8) is 0 Å². The molecule has 0 amide bonds. The highest BCUT2D eigenvalue weighted by Gasteiger charge is 2.69. The van der Waals surface area contributed by atoms with Gasteiger partial charge in [-0.15, -0.1) is 0 Å². The number of hydrogen-bond acceptors (Lipinski definition) is 7. The van der Waals surface area contributed by atoms with E-state index in [1.165, 1.54) is 6.26 Å². The summed E-state index contributed by atoms with van der Waals surface area (Å²) >= 11 is 0. The molecule has 1 saturated heterocycles. The van der Waals surface area contributed by atoms with E-state index in [0.29, 0.717) is 17.9 Å². The summed E-state index contributed by atoms with van der Waals surface area (Å²) in [5, 5.41) is 0. The first kappa shape index (κ1) is 25.3. The Labute approximate surface area is 218 Å². The van der Waals surface area contributed by atoms with Crippen molar-refractivity contribution >= 4 is 20.0 Å². The lowest BCUT2D eigenvalue weighted by atomic mass is 9.70. The molecule has 8 heteroatoms. The van der Waals surface area contributed by atoms with Crippen molar-refractivity contribution in [2.75, 3.05) is 6.61 Å². The predicted molar refractivity (Wildman–Crippen MR) is 139 cm³/mol. The summed E-state index contributed by atoms with van der Waals surface area (Å²) in [5.41, 5.74) is 0.944. The second-order valence-electron chi connectivity index (χ2n) is 10.8. The van der Waals surface area contributed by atoms with Crippen molar-refractivity contribution in [3.05, 3.63) is 95.5 Å². The molecule has 7 nitrogen and oxygen atoms in total. The van der Waals surface area contributed by atoms with E-state index in [2.05, 4.69) is 19.6 Å². The van der Waals surface area contributed by atoms with E-state index in [1.807, 2.05) is 60.7 Å². The van der Waals surface area contributed by atoms with Gasteiger partial charge >= 0.3 is 11.9 Å². The van der Waals surface area contributed by atoms with Crippen LogP contribution in [0.3, 0.4) is 0 Å². The van der Waals surface area contributed by atoms with Crippen molar-refractivity contribution in [2.24, 2.45) is 5.92 Å². The van der Waals surface area contributed by atoms with Gasteiger partial charge in [-0.3, -0.25) is 4.79 Å². The van der Waals surface area contributed by atoms with E-state index in [1.54, 1.807) is 6.08 Å². The van der Waals surface area contributed by atoms with Crippen LogP contribution in [0.5, 0.6) is 0 Å². The largest absolute Gasteiger partial charge is 0.487 e. The number of ether oxygens (including phenoxy) is 5. The number of benzene rings is 2. The Bertz CT molecular complexity index is 1200. The van der Waals surface area contributed by atoms with Gasteiger partial charge in [0.2, 0.25) is 0 Å². The standard InChI is InChI=1S/C29H32O7Si/c1-37(2,3)15-14-32-27(30)22-16-23-28(31)36-25(22)26-29(23,35-18-21-12-8-5-9-13-21)24(19-34-26)33-17-20-10-6-4-7-11-20/h4-13,16,19,23,25-26H,14-15,17-18H2,1-3H3/t23-,25-,26-,29+/m1/s1. The molecule has 0 radical (unpaired) electrons. The molecule has 4 atom stereocenters. The van der Waals surface area contributed by atoms with Crippen LogP contribution < -0.4 is 0 Å². The first-order valence-electron chi connectivity index (χ1n) is 12.6. The number of fused-ring (bicyclic) bond motifs is 1. The van der Waals surface area contributed by atoms with Gasteiger partial charge in [0.05, 0.1) is 18.8 Å². The number of esters is 2. The fourth-order valence-electron chi connectivity index (χ4n) is 4.84. The van der Waals surface area contributed by atoms with Crippen molar-refractivity contribution in [1.82, 2.24) is 0 Å². The average Bonchev–Trinajstić information content (AvgIpc) is 3.27. The topological polar surface area (TPSA) is 80.3 Å². The van der Waals surface area contributed by atoms with Crippen LogP contribution in [0.4, 0.5) is 0 Å². The highest BCUT2D eigenvalue weighted by atomic mass is 28.3. The van der Waals surface area contributed by atoms with E-state index in [0.717, 1.165) is 17.2 Å². The van der Waals surface area contributed by atoms with Crippen LogP contribution in [0.15, 0.2) is 84.3 Å². The lowest BCUT2D eigenvalue weighted by molar-refractivity contribution is -0.220. The first-order valence-corrected chi connectivity index (χ1v) is 16.3. The van der Waals surface area contributed by atoms with Gasteiger partial charge in [0, 0.05) is 8.07 Å². The molecule has 2 aromatic rings. The zero-order chi connectivity index (χ0) is 26.0. The zero-order valence-electron chi connectivity index (χ0n) is 21.3. The van der Waals surface area contributed by atoms with Gasteiger partial charge in [-0.05, 0) is 17.2 Å². The molecular weight excluding hydrogens is 488 g/mol. The van der Waals surface area contributed by atoms with Crippen LogP contribution in [0.25, 0.3) is 0 Å². The molecule has 6 rings (SSSR count). The average molecular weight is 521 g/mol. The first-order chi connectivity index (χ1) is 17.8. The summed E-state index contributed by atoms with van der Waals surface area (Å²) in [6, 6.07) is 20.3. The minimum absolute atomic E-state index is 0.229. The number of hydrogen-bond donors (Lipinski definition) is 0. The van der Waals surface area contributed by atoms with E-state index in [4.69, 9.17) is 23.7 Å². The minimum Gasteiger partial charge on any atom is -0.487 e. The molecule has 2 bridgehead atoms. The molecular formula is C29H32O7Si. The third-order valence-corrected chi connectivity index (χ3v) is 8.60. The van der Waals surface area contributed by atoms with Gasteiger partial charge in [0.1, 0.15) is 18.8 Å². The number of rotatable bonds is 10. The van der Waals surface area contributed by atoms with Gasteiger partial charge in [0.15, 0.2) is 23.6 Å². The van der Waals surface area contributed by atoms with Gasteiger partial charge in [-0.2, -0.15) is 0 Å². The summed E-state index contributed by atoms with van der Waals surface area (Å²) in [4.78, 5) is 26.2. The Balaban J connectivity index is 1.43. The predicted octanol–water partition coefficient (Wildman–Crippen LogP) is 4.76. The second kappa shape index (κ2) is 10.2. The molecule has 1 aliphatic carbocycles. The molecule has 0 saturated carbocycles. The van der Waals surface area contributed by atoms with Gasteiger partial charge in [-0.25, -0.2) is 4.79 Å². The molecule has 3 heterocycles. The third kappa shape index (κ3) is 5.08. The quantitative estimate of drug-likeness (QED) is 0.330. The van der Waals surface area contributed by atoms with Gasteiger partial charge < -0.3 is 23.7 Å². The molecule has 0 aromatic heterocycles. The summed E-state index contributed by atoms with van der Waals surface area (Å²) in [6.07, 6.45) is 1.40. The van der Waals surface area contributed by atoms with Crippen molar-refractivity contribution in [3.8, 4) is 0 Å². The van der Waals surface area contributed by atoms with Crippen molar-refractivity contribution in [2.45, 2.75) is 56.7 Å². The van der Waals surface area contributed by atoms with Crippen LogP contribution in [0, 0.1) is 5.92 Å². The number of carbonyl (C=O) groups excluding carboxylic acids is 2. The van der Waals surface area contributed by atoms with E-state index < -0.39 is 43.7 Å². The number of carbonyl (C=O) groups is 2. The maximum absolute atomic E-state index is 13.1. The van der Waals surface area contributed by atoms with E-state index >= 15 is 0 Å². The lowest BCUT2D eigenvalue weighted by Gasteiger charge is -2.49. The fourth-order valence-corrected chi connectivity index (χ4v) is 5.56. The molecule has 4 aliphatic rings. The Morgan fingerprint density at radius 2 is 1.62 bits per heavy atom. The van der Waals surface area contributed by atoms with E-state index in [-0.39, 0.29) is 13.2 Å². The van der Waals surface area contributed by atoms with Crippen LogP contribution in [-0.2, 0) is 46.5 Å². The van der Waals surface area contributed by atoms with Crippen molar-refractivity contribution in [1.29, 1.82) is 0 Å². The van der Waals surface area contributed by atoms with Crippen molar-refractivity contribution < 1.29 is 33.3 Å². The molecule has 0 unspecified atom stereocenters. The van der Waals surface area contributed by atoms with E-state index in [9.17, 15) is 9.59 Å². The monoisotopic (exact) mass is 520 g/mol. The minimum atomic E-state index is -1.38. The lowest BCUT2D eigenvalue weighted by Crippen LogP contribution is -2.66.